The number of carbonyl (C=O) groups is 1. The zero-order chi connectivity index (χ0) is 16.2. The highest BCUT2D eigenvalue weighted by Gasteiger charge is 2.12. The molecule has 6 heteroatoms. The van der Waals surface area contributed by atoms with Gasteiger partial charge in [-0.2, -0.15) is 5.10 Å². The zero-order valence-corrected chi connectivity index (χ0v) is 13.5. The molecule has 0 bridgehead atoms. The Bertz CT molecular complexity index is 816. The third-order valence-corrected chi connectivity index (χ3v) is 3.95. The highest BCUT2D eigenvalue weighted by atomic mass is 35.5. The minimum absolute atomic E-state index is 0.104. The SMILES string of the molecule is CN(CC(=O)Nc1ccc2[nH]ncc2c1Cl)Cc1ccccc1. The monoisotopic (exact) mass is 328 g/mol. The average Bonchev–Trinajstić information content (AvgIpc) is 3.00. The number of nitrogens with one attached hydrogen (secondary N) is 2. The van der Waals surface area contributed by atoms with Gasteiger partial charge in [-0.3, -0.25) is 14.8 Å². The van der Waals surface area contributed by atoms with Crippen molar-refractivity contribution < 1.29 is 4.79 Å². The van der Waals surface area contributed by atoms with Gasteiger partial charge in [0.2, 0.25) is 5.91 Å². The van der Waals surface area contributed by atoms with Crippen LogP contribution in [-0.4, -0.2) is 34.6 Å². The fourth-order valence-corrected chi connectivity index (χ4v) is 2.73. The van der Waals surface area contributed by atoms with Crippen LogP contribution in [0.25, 0.3) is 10.9 Å². The Hall–Kier alpha value is -2.37. The number of hydrogen-bond acceptors (Lipinski definition) is 3. The molecule has 0 unspecified atom stereocenters. The van der Waals surface area contributed by atoms with Crippen molar-refractivity contribution >= 4 is 34.1 Å². The number of aromatic nitrogens is 2. The first-order valence-corrected chi connectivity index (χ1v) is 7.65. The van der Waals surface area contributed by atoms with Gasteiger partial charge in [0.05, 0.1) is 29.0 Å². The molecule has 23 heavy (non-hydrogen) atoms. The number of likely N-dealkylation sites (N-methyl/N-ethyl adjacent to an activating group) is 1. The Morgan fingerprint density at radius 2 is 2.04 bits per heavy atom. The normalized spacial score (nSPS) is 11.1. The molecule has 0 fully saturated rings. The maximum atomic E-state index is 12.2. The van der Waals surface area contributed by atoms with Gasteiger partial charge in [0.1, 0.15) is 0 Å². The molecule has 118 valence electrons. The van der Waals surface area contributed by atoms with Gasteiger partial charge >= 0.3 is 0 Å². The number of carbonyl (C=O) groups excluding carboxylic acids is 1. The fraction of sp³-hybridized carbons (Fsp3) is 0.176. The van der Waals surface area contributed by atoms with Crippen LogP contribution < -0.4 is 5.32 Å². The Kier molecular flexibility index (Phi) is 4.60. The largest absolute Gasteiger partial charge is 0.324 e. The highest BCUT2D eigenvalue weighted by Crippen LogP contribution is 2.29. The van der Waals surface area contributed by atoms with E-state index in [0.717, 1.165) is 10.9 Å². The summed E-state index contributed by atoms with van der Waals surface area (Å²) in [5.41, 5.74) is 2.61. The Morgan fingerprint density at radius 1 is 1.26 bits per heavy atom. The number of hydrogen-bond donors (Lipinski definition) is 2. The predicted molar refractivity (Wildman–Crippen MR) is 92.5 cm³/mol. The number of fused-ring (bicyclic) bond motifs is 1. The van der Waals surface area contributed by atoms with E-state index in [1.165, 1.54) is 5.56 Å². The van der Waals surface area contributed by atoms with Crippen LogP contribution in [0.2, 0.25) is 5.02 Å². The Morgan fingerprint density at radius 3 is 2.83 bits per heavy atom. The van der Waals surface area contributed by atoms with Crippen LogP contribution >= 0.6 is 11.6 Å². The molecule has 0 aliphatic rings. The molecule has 0 saturated heterocycles. The number of nitrogens with zero attached hydrogens (tertiary/aromatic N) is 2. The molecule has 2 aromatic carbocycles. The van der Waals surface area contributed by atoms with Crippen LogP contribution in [0.1, 0.15) is 5.56 Å². The number of anilines is 1. The maximum absolute atomic E-state index is 12.2. The molecule has 1 amide bonds. The van der Waals surface area contributed by atoms with Gasteiger partial charge in [-0.1, -0.05) is 41.9 Å². The lowest BCUT2D eigenvalue weighted by Crippen LogP contribution is -2.29. The number of H-pyrrole nitrogens is 1. The van der Waals surface area contributed by atoms with E-state index in [9.17, 15) is 4.79 Å². The fourth-order valence-electron chi connectivity index (χ4n) is 2.47. The van der Waals surface area contributed by atoms with Crippen LogP contribution in [0.5, 0.6) is 0 Å². The molecule has 1 heterocycles. The van der Waals surface area contributed by atoms with Gasteiger partial charge in [-0.15, -0.1) is 0 Å². The van der Waals surface area contributed by atoms with Crippen molar-refractivity contribution in [3.8, 4) is 0 Å². The van der Waals surface area contributed by atoms with Crippen molar-refractivity contribution in [1.29, 1.82) is 0 Å². The summed E-state index contributed by atoms with van der Waals surface area (Å²) in [5, 5.41) is 10.9. The number of aromatic amines is 1. The lowest BCUT2D eigenvalue weighted by atomic mass is 10.2. The lowest BCUT2D eigenvalue weighted by Gasteiger charge is -2.16. The zero-order valence-electron chi connectivity index (χ0n) is 12.7. The van der Waals surface area contributed by atoms with Crippen LogP contribution in [0.3, 0.4) is 0 Å². The van der Waals surface area contributed by atoms with Gasteiger partial charge in [-0.05, 0) is 24.7 Å². The average molecular weight is 329 g/mol. The summed E-state index contributed by atoms with van der Waals surface area (Å²) in [5.74, 6) is -0.104. The van der Waals surface area contributed by atoms with Gasteiger partial charge < -0.3 is 5.32 Å². The number of rotatable bonds is 5. The van der Waals surface area contributed by atoms with Crippen LogP contribution in [-0.2, 0) is 11.3 Å². The summed E-state index contributed by atoms with van der Waals surface area (Å²) < 4.78 is 0. The summed E-state index contributed by atoms with van der Waals surface area (Å²) in [6.07, 6.45) is 1.65. The Balaban J connectivity index is 1.63. The standard InChI is InChI=1S/C17H17ClN4O/c1-22(10-12-5-3-2-4-6-12)11-16(23)20-15-8-7-14-13(17(15)18)9-19-21-14/h2-9H,10-11H2,1H3,(H,19,21)(H,20,23). The molecule has 5 nitrogen and oxygen atoms in total. The van der Waals surface area contributed by atoms with E-state index in [2.05, 4.69) is 15.5 Å². The highest BCUT2D eigenvalue weighted by molar-refractivity contribution is 6.38. The first-order chi connectivity index (χ1) is 11.1. The first-order valence-electron chi connectivity index (χ1n) is 7.27. The predicted octanol–water partition coefficient (Wildman–Crippen LogP) is 3.29. The molecule has 0 atom stereocenters. The molecule has 0 spiro atoms. The smallest absolute Gasteiger partial charge is 0.238 e. The van der Waals surface area contributed by atoms with Crippen molar-refractivity contribution in [3.63, 3.8) is 0 Å². The van der Waals surface area contributed by atoms with Gasteiger partial charge in [0.25, 0.3) is 0 Å². The number of halogens is 1. The minimum atomic E-state index is -0.104. The van der Waals surface area contributed by atoms with E-state index in [4.69, 9.17) is 11.6 Å². The third kappa shape index (κ3) is 3.70. The van der Waals surface area contributed by atoms with Crippen molar-refractivity contribution in [1.82, 2.24) is 15.1 Å². The topological polar surface area (TPSA) is 61.0 Å². The van der Waals surface area contributed by atoms with Crippen LogP contribution in [0.15, 0.2) is 48.7 Å². The van der Waals surface area contributed by atoms with E-state index >= 15 is 0 Å². The maximum Gasteiger partial charge on any atom is 0.238 e. The molecule has 3 aromatic rings. The molecule has 0 saturated carbocycles. The summed E-state index contributed by atoms with van der Waals surface area (Å²) in [6.45, 7) is 0.997. The molecule has 2 N–H and O–H groups in total. The molecule has 0 aliphatic heterocycles. The molecule has 3 rings (SSSR count). The van der Waals surface area contributed by atoms with E-state index in [1.54, 1.807) is 12.3 Å². The number of benzene rings is 2. The number of amides is 1. The van der Waals surface area contributed by atoms with E-state index in [1.807, 2.05) is 48.3 Å². The Labute approximate surface area is 139 Å². The van der Waals surface area contributed by atoms with Crippen molar-refractivity contribution in [2.24, 2.45) is 0 Å². The summed E-state index contributed by atoms with van der Waals surface area (Å²) in [4.78, 5) is 14.2. The van der Waals surface area contributed by atoms with Crippen LogP contribution in [0.4, 0.5) is 5.69 Å². The summed E-state index contributed by atoms with van der Waals surface area (Å²) in [6, 6.07) is 13.7. The molecular weight excluding hydrogens is 312 g/mol. The second-order valence-electron chi connectivity index (χ2n) is 5.46. The first kappa shape index (κ1) is 15.5. The molecular formula is C17H17ClN4O. The second kappa shape index (κ2) is 6.81. The van der Waals surface area contributed by atoms with E-state index in [0.29, 0.717) is 17.3 Å². The minimum Gasteiger partial charge on any atom is -0.324 e. The van der Waals surface area contributed by atoms with Gasteiger partial charge in [-0.25, -0.2) is 0 Å². The second-order valence-corrected chi connectivity index (χ2v) is 5.84. The van der Waals surface area contributed by atoms with Gasteiger partial charge in [0.15, 0.2) is 0 Å². The molecule has 1 aromatic heterocycles. The third-order valence-electron chi connectivity index (χ3n) is 3.54. The van der Waals surface area contributed by atoms with E-state index in [-0.39, 0.29) is 12.5 Å². The van der Waals surface area contributed by atoms with Crippen molar-refractivity contribution in [2.45, 2.75) is 6.54 Å². The summed E-state index contributed by atoms with van der Waals surface area (Å²) in [7, 11) is 1.91. The molecule has 0 aliphatic carbocycles. The summed E-state index contributed by atoms with van der Waals surface area (Å²) >= 11 is 6.31. The van der Waals surface area contributed by atoms with Crippen molar-refractivity contribution in [2.75, 3.05) is 18.9 Å². The van der Waals surface area contributed by atoms with Crippen LogP contribution in [0, 0.1) is 0 Å². The quantitative estimate of drug-likeness (QED) is 0.755. The molecule has 0 radical (unpaired) electrons. The van der Waals surface area contributed by atoms with E-state index < -0.39 is 0 Å². The van der Waals surface area contributed by atoms with Crippen molar-refractivity contribution in [3.05, 3.63) is 59.2 Å². The lowest BCUT2D eigenvalue weighted by molar-refractivity contribution is -0.117. The van der Waals surface area contributed by atoms with Gasteiger partial charge in [0, 0.05) is 11.9 Å².